The molecule has 21 heavy (non-hydrogen) atoms. The van der Waals surface area contributed by atoms with Gasteiger partial charge in [0.2, 0.25) is 5.95 Å². The summed E-state index contributed by atoms with van der Waals surface area (Å²) in [6, 6.07) is 0. The lowest BCUT2D eigenvalue weighted by molar-refractivity contribution is -0.0358. The zero-order chi connectivity index (χ0) is 15.1. The summed E-state index contributed by atoms with van der Waals surface area (Å²) < 4.78 is 10.8. The molecule has 3 rings (SSSR count). The smallest absolute Gasteiger partial charge is 0.261 e. The van der Waals surface area contributed by atoms with Crippen molar-refractivity contribution in [2.24, 2.45) is 0 Å². The first-order valence-electron chi connectivity index (χ1n) is 6.31. The highest BCUT2D eigenvalue weighted by Gasteiger charge is 2.45. The number of nitrogens with two attached hydrogens (primary N) is 1. The average Bonchev–Trinajstić information content (AvgIpc) is 2.99. The first kappa shape index (κ1) is 14.4. The number of thiophene rings is 1. The number of H-pyrrole nitrogens is 1. The van der Waals surface area contributed by atoms with E-state index >= 15 is 0 Å². The highest BCUT2D eigenvalue weighted by Crippen LogP contribution is 2.40. The van der Waals surface area contributed by atoms with Gasteiger partial charge in [-0.15, -0.1) is 11.3 Å². The van der Waals surface area contributed by atoms with Crippen LogP contribution in [0, 0.1) is 0 Å². The molecule has 9 heteroatoms. The van der Waals surface area contributed by atoms with Crippen LogP contribution in [0.5, 0.6) is 0 Å². The van der Waals surface area contributed by atoms with Crippen LogP contribution < -0.4 is 11.3 Å². The van der Waals surface area contributed by atoms with Crippen molar-refractivity contribution < 1.29 is 19.7 Å². The molecule has 0 amide bonds. The van der Waals surface area contributed by atoms with Crippen LogP contribution >= 0.6 is 11.3 Å². The lowest BCUT2D eigenvalue weighted by Crippen LogP contribution is -2.34. The molecule has 0 aromatic carbocycles. The maximum atomic E-state index is 11.8. The van der Waals surface area contributed by atoms with Crippen molar-refractivity contribution in [3.8, 4) is 0 Å². The summed E-state index contributed by atoms with van der Waals surface area (Å²) in [7, 11) is 1.44. The molecule has 4 atom stereocenters. The Hall–Kier alpha value is -1.52. The number of anilines is 1. The zero-order valence-electron chi connectivity index (χ0n) is 11.1. The number of ether oxygens (including phenoxy) is 2. The lowest BCUT2D eigenvalue weighted by atomic mass is 10.1. The third-order valence-corrected chi connectivity index (χ3v) is 4.59. The van der Waals surface area contributed by atoms with Crippen LogP contribution in [-0.2, 0) is 9.47 Å². The maximum absolute atomic E-state index is 11.8. The number of methoxy groups -OCH3 is 1. The molecule has 2 aromatic rings. The second kappa shape index (κ2) is 5.35. The van der Waals surface area contributed by atoms with Crippen LogP contribution in [0.4, 0.5) is 5.95 Å². The van der Waals surface area contributed by atoms with E-state index in [1.54, 1.807) is 5.38 Å². The van der Waals surface area contributed by atoms with Crippen LogP contribution in [0.2, 0.25) is 0 Å². The Morgan fingerprint density at radius 2 is 2.38 bits per heavy atom. The average molecular weight is 313 g/mol. The van der Waals surface area contributed by atoms with Crippen molar-refractivity contribution in [3.63, 3.8) is 0 Å². The molecule has 2 aromatic heterocycles. The number of nitrogen functional groups attached to an aromatic ring is 1. The summed E-state index contributed by atoms with van der Waals surface area (Å²) in [6.45, 7) is -0.272. The van der Waals surface area contributed by atoms with E-state index in [2.05, 4.69) is 9.97 Å². The van der Waals surface area contributed by atoms with Crippen molar-refractivity contribution >= 4 is 28.2 Å². The molecule has 0 bridgehead atoms. The molecule has 0 aliphatic carbocycles. The van der Waals surface area contributed by atoms with Gasteiger partial charge in [-0.05, 0) is 0 Å². The van der Waals surface area contributed by atoms with Crippen molar-refractivity contribution in [2.45, 2.75) is 24.4 Å². The maximum Gasteiger partial charge on any atom is 0.261 e. The normalized spacial score (nSPS) is 29.3. The van der Waals surface area contributed by atoms with Gasteiger partial charge in [0.05, 0.1) is 22.4 Å². The van der Waals surface area contributed by atoms with E-state index in [1.165, 1.54) is 18.4 Å². The fraction of sp³-hybridized carbons (Fsp3) is 0.500. The topological polar surface area (TPSA) is 131 Å². The molecule has 0 saturated carbocycles. The standard InChI is InChI=1S/C12H15N3O5S/c1-19-8-5(2-16)20-9(7(8)17)10-6-4(3-21-10)11(18)15-12(13)14-6/h3,5,7-9,16-17H,2H2,1H3,(H3,13,14,15,18)/t5-,7-,8-,9-/m1/s1. The summed E-state index contributed by atoms with van der Waals surface area (Å²) in [4.78, 5) is 18.9. The van der Waals surface area contributed by atoms with Crippen LogP contribution in [0.15, 0.2) is 10.2 Å². The van der Waals surface area contributed by atoms with Crippen LogP contribution in [0.1, 0.15) is 11.0 Å². The largest absolute Gasteiger partial charge is 0.394 e. The van der Waals surface area contributed by atoms with E-state index in [1.807, 2.05) is 0 Å². The molecule has 8 nitrogen and oxygen atoms in total. The van der Waals surface area contributed by atoms with E-state index in [4.69, 9.17) is 15.2 Å². The fourth-order valence-electron chi connectivity index (χ4n) is 2.57. The molecule has 114 valence electrons. The van der Waals surface area contributed by atoms with Gasteiger partial charge in [0.25, 0.3) is 5.56 Å². The number of aromatic amines is 1. The van der Waals surface area contributed by atoms with Gasteiger partial charge in [0.1, 0.15) is 24.4 Å². The molecule has 0 radical (unpaired) electrons. The first-order valence-corrected chi connectivity index (χ1v) is 7.18. The van der Waals surface area contributed by atoms with Gasteiger partial charge in [-0.1, -0.05) is 0 Å². The SMILES string of the molecule is CO[C@H]1[C@@H](O)[C@H](c2scc3c(=O)[nH]c(N)nc23)O[C@@H]1CO. The Balaban J connectivity index is 2.07. The molecule has 1 fully saturated rings. The van der Waals surface area contributed by atoms with Gasteiger partial charge < -0.3 is 25.4 Å². The molecule has 1 aliphatic rings. The van der Waals surface area contributed by atoms with Gasteiger partial charge in [-0.25, -0.2) is 4.98 Å². The van der Waals surface area contributed by atoms with Crippen LogP contribution in [-0.4, -0.2) is 52.2 Å². The van der Waals surface area contributed by atoms with Crippen molar-refractivity contribution in [1.29, 1.82) is 0 Å². The van der Waals surface area contributed by atoms with Gasteiger partial charge in [0.15, 0.2) is 0 Å². The van der Waals surface area contributed by atoms with Gasteiger partial charge in [-0.3, -0.25) is 9.78 Å². The minimum atomic E-state index is -0.962. The highest BCUT2D eigenvalue weighted by molar-refractivity contribution is 7.11. The van der Waals surface area contributed by atoms with E-state index in [-0.39, 0.29) is 18.1 Å². The summed E-state index contributed by atoms with van der Waals surface area (Å²) >= 11 is 1.25. The van der Waals surface area contributed by atoms with Crippen molar-refractivity contribution in [1.82, 2.24) is 9.97 Å². The Bertz CT molecular complexity index is 714. The zero-order valence-corrected chi connectivity index (χ0v) is 12.0. The third-order valence-electron chi connectivity index (χ3n) is 3.56. The molecule has 0 spiro atoms. The van der Waals surface area contributed by atoms with Crippen molar-refractivity contribution in [3.05, 3.63) is 20.6 Å². The second-order valence-corrected chi connectivity index (χ2v) is 5.69. The monoisotopic (exact) mass is 313 g/mol. The number of rotatable bonds is 3. The summed E-state index contributed by atoms with van der Waals surface area (Å²) in [5, 5.41) is 21.6. The van der Waals surface area contributed by atoms with Crippen molar-refractivity contribution in [2.75, 3.05) is 19.5 Å². The van der Waals surface area contributed by atoms with Crippen LogP contribution in [0.25, 0.3) is 10.9 Å². The Kier molecular flexibility index (Phi) is 3.68. The Labute approximate surface area is 123 Å². The van der Waals surface area contributed by atoms with E-state index in [0.717, 1.165) is 0 Å². The Morgan fingerprint density at radius 1 is 1.62 bits per heavy atom. The predicted molar refractivity (Wildman–Crippen MR) is 76.2 cm³/mol. The minimum Gasteiger partial charge on any atom is -0.394 e. The third kappa shape index (κ3) is 2.23. The first-order chi connectivity index (χ1) is 10.1. The second-order valence-electron chi connectivity index (χ2n) is 4.78. The Morgan fingerprint density at radius 3 is 3.00 bits per heavy atom. The highest BCUT2D eigenvalue weighted by atomic mass is 32.1. The molecule has 5 N–H and O–H groups in total. The van der Waals surface area contributed by atoms with Gasteiger partial charge in [-0.2, -0.15) is 0 Å². The summed E-state index contributed by atoms with van der Waals surface area (Å²) in [6.07, 6.45) is -2.96. The lowest BCUT2D eigenvalue weighted by Gasteiger charge is -2.16. The number of nitrogens with zero attached hydrogens (tertiary/aromatic N) is 1. The molecule has 1 saturated heterocycles. The predicted octanol–water partition coefficient (Wildman–Crippen LogP) is -0.625. The number of nitrogens with one attached hydrogen (secondary N) is 1. The fourth-order valence-corrected chi connectivity index (χ4v) is 3.63. The molecule has 1 aliphatic heterocycles. The molecule has 0 unspecified atom stereocenters. The van der Waals surface area contributed by atoms with E-state index in [9.17, 15) is 15.0 Å². The molecular weight excluding hydrogens is 298 g/mol. The summed E-state index contributed by atoms with van der Waals surface area (Å²) in [5.74, 6) is 0.00152. The molecular formula is C12H15N3O5S. The van der Waals surface area contributed by atoms with E-state index in [0.29, 0.717) is 15.8 Å². The van der Waals surface area contributed by atoms with E-state index < -0.39 is 24.4 Å². The number of hydrogen-bond donors (Lipinski definition) is 4. The number of fused-ring (bicyclic) bond motifs is 1. The van der Waals surface area contributed by atoms with Gasteiger partial charge >= 0.3 is 0 Å². The number of aromatic nitrogens is 2. The van der Waals surface area contributed by atoms with Crippen LogP contribution in [0.3, 0.4) is 0 Å². The number of aliphatic hydroxyl groups excluding tert-OH is 2. The van der Waals surface area contributed by atoms with Gasteiger partial charge in [0, 0.05) is 12.5 Å². The quantitative estimate of drug-likeness (QED) is 0.593. The number of aliphatic hydroxyl groups is 2. The molecule has 3 heterocycles. The minimum absolute atomic E-state index is 0.00152. The summed E-state index contributed by atoms with van der Waals surface area (Å²) in [5.41, 5.74) is 5.63. The number of hydrogen-bond acceptors (Lipinski definition) is 8.